The Morgan fingerprint density at radius 2 is 2.04 bits per heavy atom. The molecule has 1 saturated carbocycles. The van der Waals surface area contributed by atoms with Crippen molar-refractivity contribution in [1.29, 1.82) is 0 Å². The normalized spacial score (nSPS) is 23.0. The minimum absolute atomic E-state index is 0.00588. The molecule has 1 fully saturated rings. The molecule has 1 aliphatic carbocycles. The number of esters is 1. The van der Waals surface area contributed by atoms with Crippen molar-refractivity contribution in [2.45, 2.75) is 45.0 Å². The second kappa shape index (κ2) is 6.57. The van der Waals surface area contributed by atoms with Crippen LogP contribution in [-0.2, 0) is 27.0 Å². The Hall–Kier alpha value is -2.25. The lowest BCUT2D eigenvalue weighted by molar-refractivity contribution is -0.147. The number of amides is 1. The van der Waals surface area contributed by atoms with Gasteiger partial charge in [-0.15, -0.1) is 0 Å². The Morgan fingerprint density at radius 1 is 1.28 bits per heavy atom. The molecule has 3 rings (SSSR count). The smallest absolute Gasteiger partial charge is 0.416 e. The van der Waals surface area contributed by atoms with Gasteiger partial charge in [-0.05, 0) is 37.5 Å². The number of carbonyl (C=O) groups excluding carboxylic acids is 2. The Bertz CT molecular complexity index is 689. The molecule has 0 aromatic heterocycles. The number of hydrogen-bond donors (Lipinski definition) is 0. The van der Waals surface area contributed by atoms with Gasteiger partial charge in [-0.1, -0.05) is 0 Å². The Morgan fingerprint density at radius 3 is 2.72 bits per heavy atom. The lowest BCUT2D eigenvalue weighted by Gasteiger charge is -2.31. The number of benzene rings is 1. The molecule has 8 heteroatoms. The van der Waals surface area contributed by atoms with Crippen molar-refractivity contribution in [1.82, 2.24) is 4.90 Å². The van der Waals surface area contributed by atoms with Crippen molar-refractivity contribution in [2.75, 3.05) is 6.73 Å². The van der Waals surface area contributed by atoms with Gasteiger partial charge >= 0.3 is 12.1 Å². The van der Waals surface area contributed by atoms with Gasteiger partial charge in [0.25, 0.3) is 0 Å². The first-order chi connectivity index (χ1) is 11.7. The summed E-state index contributed by atoms with van der Waals surface area (Å²) in [6, 6.07) is 3.27. The van der Waals surface area contributed by atoms with Gasteiger partial charge in [0.2, 0.25) is 5.91 Å². The number of fused-ring (bicyclic) bond motifs is 1. The number of carbonyl (C=O) groups is 2. The molecule has 1 aliphatic heterocycles. The van der Waals surface area contributed by atoms with E-state index in [1.807, 2.05) is 0 Å². The van der Waals surface area contributed by atoms with E-state index >= 15 is 0 Å². The van der Waals surface area contributed by atoms with Crippen LogP contribution in [0.4, 0.5) is 13.2 Å². The standard InChI is InChI=1S/C17H18F3NO4/c1-10(22)25-14-4-2-11(7-14)16(23)21-8-12-6-13(17(18,19)20)3-5-15(12)24-9-21/h3,5-6,11,14H,2,4,7-9H2,1H3. The van der Waals surface area contributed by atoms with Crippen molar-refractivity contribution in [3.8, 4) is 5.75 Å². The second-order valence-electron chi connectivity index (χ2n) is 6.37. The largest absolute Gasteiger partial charge is 0.473 e. The summed E-state index contributed by atoms with van der Waals surface area (Å²) in [6.07, 6.45) is -3.09. The van der Waals surface area contributed by atoms with Gasteiger partial charge in [0.05, 0.1) is 12.1 Å². The minimum atomic E-state index is -4.44. The molecule has 25 heavy (non-hydrogen) atoms. The highest BCUT2D eigenvalue weighted by molar-refractivity contribution is 5.79. The molecule has 5 nitrogen and oxygen atoms in total. The number of rotatable bonds is 2. The highest BCUT2D eigenvalue weighted by Gasteiger charge is 2.36. The molecule has 2 atom stereocenters. The average molecular weight is 357 g/mol. The predicted octanol–water partition coefficient (Wildman–Crippen LogP) is 3.12. The van der Waals surface area contributed by atoms with Crippen molar-refractivity contribution < 1.29 is 32.2 Å². The summed E-state index contributed by atoms with van der Waals surface area (Å²) >= 11 is 0. The van der Waals surface area contributed by atoms with Gasteiger partial charge in [0.1, 0.15) is 11.9 Å². The van der Waals surface area contributed by atoms with E-state index in [-0.39, 0.29) is 37.2 Å². The lowest BCUT2D eigenvalue weighted by atomic mass is 10.0. The molecular weight excluding hydrogens is 339 g/mol. The Balaban J connectivity index is 1.68. The molecule has 0 N–H and O–H groups in total. The Labute approximate surface area is 142 Å². The number of halogens is 3. The van der Waals surface area contributed by atoms with Crippen LogP contribution >= 0.6 is 0 Å². The SMILES string of the molecule is CC(=O)OC1CCC(C(=O)N2COc3ccc(C(F)(F)F)cc3C2)C1. The summed E-state index contributed by atoms with van der Waals surface area (Å²) in [4.78, 5) is 25.0. The summed E-state index contributed by atoms with van der Waals surface area (Å²) in [5.41, 5.74) is -0.427. The molecule has 136 valence electrons. The predicted molar refractivity (Wildman–Crippen MR) is 80.4 cm³/mol. The lowest BCUT2D eigenvalue weighted by Crippen LogP contribution is -2.40. The van der Waals surface area contributed by atoms with Crippen LogP contribution in [-0.4, -0.2) is 29.6 Å². The molecule has 2 aliphatic rings. The third kappa shape index (κ3) is 3.88. The fraction of sp³-hybridized carbons (Fsp3) is 0.529. The first-order valence-corrected chi connectivity index (χ1v) is 8.03. The van der Waals surface area contributed by atoms with Gasteiger partial charge in [0, 0.05) is 18.4 Å². The Kier molecular flexibility index (Phi) is 4.62. The highest BCUT2D eigenvalue weighted by Crippen LogP contribution is 2.36. The van der Waals surface area contributed by atoms with Gasteiger partial charge < -0.3 is 14.4 Å². The summed E-state index contributed by atoms with van der Waals surface area (Å²) < 4.78 is 49.1. The topological polar surface area (TPSA) is 55.8 Å². The van der Waals surface area contributed by atoms with Crippen molar-refractivity contribution in [2.24, 2.45) is 5.92 Å². The zero-order valence-corrected chi connectivity index (χ0v) is 13.6. The molecule has 1 amide bonds. The fourth-order valence-electron chi connectivity index (χ4n) is 3.32. The van der Waals surface area contributed by atoms with Crippen LogP contribution in [0.3, 0.4) is 0 Å². The first kappa shape index (κ1) is 17.6. The van der Waals surface area contributed by atoms with Gasteiger partial charge in [-0.3, -0.25) is 9.59 Å². The molecule has 1 heterocycles. The van der Waals surface area contributed by atoms with Gasteiger partial charge in [-0.25, -0.2) is 0 Å². The number of ether oxygens (including phenoxy) is 2. The van der Waals surface area contributed by atoms with Gasteiger partial charge in [-0.2, -0.15) is 13.2 Å². The summed E-state index contributed by atoms with van der Waals surface area (Å²) in [5.74, 6) is -0.507. The van der Waals surface area contributed by atoms with Crippen molar-refractivity contribution in [3.05, 3.63) is 29.3 Å². The van der Waals surface area contributed by atoms with E-state index < -0.39 is 11.7 Å². The van der Waals surface area contributed by atoms with Crippen molar-refractivity contribution in [3.63, 3.8) is 0 Å². The molecule has 0 bridgehead atoms. The molecule has 2 unspecified atom stereocenters. The van der Waals surface area contributed by atoms with E-state index in [2.05, 4.69) is 0 Å². The fourth-order valence-corrected chi connectivity index (χ4v) is 3.32. The average Bonchev–Trinajstić information content (AvgIpc) is 3.00. The zero-order chi connectivity index (χ0) is 18.2. The maximum absolute atomic E-state index is 12.8. The van der Waals surface area contributed by atoms with Crippen LogP contribution in [0.2, 0.25) is 0 Å². The number of alkyl halides is 3. The third-order valence-electron chi connectivity index (χ3n) is 4.50. The summed E-state index contributed by atoms with van der Waals surface area (Å²) in [5, 5.41) is 0. The van der Waals surface area contributed by atoms with Crippen LogP contribution in [0.5, 0.6) is 5.75 Å². The molecule has 1 aromatic rings. The van der Waals surface area contributed by atoms with E-state index in [0.717, 1.165) is 12.1 Å². The summed E-state index contributed by atoms with van der Waals surface area (Å²) in [6.45, 7) is 1.40. The number of nitrogens with zero attached hydrogens (tertiary/aromatic N) is 1. The molecule has 0 spiro atoms. The van der Waals surface area contributed by atoms with Crippen LogP contribution in [0.1, 0.15) is 37.3 Å². The third-order valence-corrected chi connectivity index (χ3v) is 4.50. The molecular formula is C17H18F3NO4. The van der Waals surface area contributed by atoms with E-state index in [0.29, 0.717) is 30.6 Å². The minimum Gasteiger partial charge on any atom is -0.473 e. The van der Waals surface area contributed by atoms with E-state index in [1.54, 1.807) is 0 Å². The monoisotopic (exact) mass is 357 g/mol. The molecule has 1 aromatic carbocycles. The summed E-state index contributed by atoms with van der Waals surface area (Å²) in [7, 11) is 0. The zero-order valence-electron chi connectivity index (χ0n) is 13.6. The van der Waals surface area contributed by atoms with Crippen LogP contribution in [0, 0.1) is 5.92 Å². The van der Waals surface area contributed by atoms with Crippen LogP contribution in [0.15, 0.2) is 18.2 Å². The van der Waals surface area contributed by atoms with Crippen LogP contribution < -0.4 is 4.74 Å². The van der Waals surface area contributed by atoms with E-state index in [1.165, 1.54) is 17.9 Å². The molecule has 0 saturated heterocycles. The van der Waals surface area contributed by atoms with Crippen molar-refractivity contribution >= 4 is 11.9 Å². The molecule has 0 radical (unpaired) electrons. The van der Waals surface area contributed by atoms with E-state index in [9.17, 15) is 22.8 Å². The highest BCUT2D eigenvalue weighted by atomic mass is 19.4. The maximum Gasteiger partial charge on any atom is 0.416 e. The first-order valence-electron chi connectivity index (χ1n) is 8.03. The maximum atomic E-state index is 12.8. The van der Waals surface area contributed by atoms with Gasteiger partial charge in [0.15, 0.2) is 6.73 Å². The number of hydrogen-bond acceptors (Lipinski definition) is 4. The second-order valence-corrected chi connectivity index (χ2v) is 6.37. The van der Waals surface area contributed by atoms with E-state index in [4.69, 9.17) is 9.47 Å². The van der Waals surface area contributed by atoms with Crippen LogP contribution in [0.25, 0.3) is 0 Å². The quantitative estimate of drug-likeness (QED) is 0.763.